The minimum atomic E-state index is -0.819. The first-order valence-electron chi connectivity index (χ1n) is 6.13. The average Bonchev–Trinajstić information content (AvgIpc) is 2.30. The molecule has 0 radical (unpaired) electrons. The number of rotatable bonds is 5. The predicted molar refractivity (Wildman–Crippen MR) is 72.2 cm³/mol. The summed E-state index contributed by atoms with van der Waals surface area (Å²) in [6.07, 6.45) is 0.131. The van der Waals surface area contributed by atoms with Crippen molar-refractivity contribution in [2.75, 3.05) is 25.0 Å². The van der Waals surface area contributed by atoms with E-state index in [2.05, 4.69) is 5.32 Å². The van der Waals surface area contributed by atoms with Gasteiger partial charge in [0, 0.05) is 18.8 Å². The quantitative estimate of drug-likeness (QED) is 0.870. The van der Waals surface area contributed by atoms with E-state index in [1.807, 2.05) is 4.90 Å². The molecule has 0 bridgehead atoms. The Balaban J connectivity index is 1.76. The van der Waals surface area contributed by atoms with E-state index in [9.17, 15) is 14.0 Å². The Hall–Kier alpha value is -1.66. The van der Waals surface area contributed by atoms with E-state index in [1.165, 1.54) is 18.2 Å². The summed E-state index contributed by atoms with van der Waals surface area (Å²) in [4.78, 5) is 24.1. The van der Waals surface area contributed by atoms with E-state index >= 15 is 0 Å². The van der Waals surface area contributed by atoms with Crippen LogP contribution < -0.4 is 5.32 Å². The molecule has 0 aliphatic carbocycles. The molecular weight excluding hydrogens is 287 g/mol. The van der Waals surface area contributed by atoms with Crippen LogP contribution in [0.25, 0.3) is 0 Å². The van der Waals surface area contributed by atoms with Crippen LogP contribution in [0.15, 0.2) is 18.2 Å². The third-order valence-corrected chi connectivity index (χ3v) is 3.36. The van der Waals surface area contributed by atoms with Crippen LogP contribution in [0.4, 0.5) is 10.1 Å². The number of amides is 1. The minimum absolute atomic E-state index is 0.0479. The van der Waals surface area contributed by atoms with E-state index < -0.39 is 11.8 Å². The van der Waals surface area contributed by atoms with Crippen LogP contribution in [-0.2, 0) is 9.59 Å². The molecule has 5 nitrogen and oxygen atoms in total. The van der Waals surface area contributed by atoms with Crippen LogP contribution in [0.2, 0.25) is 5.02 Å². The van der Waals surface area contributed by atoms with Crippen molar-refractivity contribution in [2.45, 2.75) is 6.42 Å². The van der Waals surface area contributed by atoms with Crippen LogP contribution >= 0.6 is 11.6 Å². The lowest BCUT2D eigenvalue weighted by Gasteiger charge is -2.37. The summed E-state index contributed by atoms with van der Waals surface area (Å²) in [5, 5.41) is 11.2. The molecule has 108 valence electrons. The molecule has 0 unspecified atom stereocenters. The number of carbonyl (C=O) groups is 2. The van der Waals surface area contributed by atoms with Crippen LogP contribution in [0.5, 0.6) is 0 Å². The van der Waals surface area contributed by atoms with Crippen molar-refractivity contribution in [1.82, 2.24) is 4.90 Å². The van der Waals surface area contributed by atoms with Gasteiger partial charge >= 0.3 is 5.97 Å². The fourth-order valence-electron chi connectivity index (χ4n) is 2.16. The Morgan fingerprint density at radius 2 is 2.15 bits per heavy atom. The molecule has 1 heterocycles. The second kappa shape index (κ2) is 6.19. The Morgan fingerprint density at radius 3 is 2.75 bits per heavy atom. The first-order valence-corrected chi connectivity index (χ1v) is 6.51. The average molecular weight is 301 g/mol. The number of carboxylic acid groups (broad SMARTS) is 1. The van der Waals surface area contributed by atoms with Crippen LogP contribution in [0.1, 0.15) is 6.42 Å². The zero-order valence-corrected chi connectivity index (χ0v) is 11.4. The zero-order chi connectivity index (χ0) is 14.7. The lowest BCUT2D eigenvalue weighted by molar-refractivity contribution is -0.139. The summed E-state index contributed by atoms with van der Waals surface area (Å²) in [5.74, 6) is -1.48. The van der Waals surface area contributed by atoms with Gasteiger partial charge in [0.15, 0.2) is 0 Å². The maximum atomic E-state index is 13.0. The number of benzene rings is 1. The van der Waals surface area contributed by atoms with E-state index in [1.54, 1.807) is 0 Å². The highest BCUT2D eigenvalue weighted by Gasteiger charge is 2.29. The molecule has 0 aromatic heterocycles. The Labute approximate surface area is 120 Å². The molecule has 0 atom stereocenters. The van der Waals surface area contributed by atoms with Crippen molar-refractivity contribution in [1.29, 1.82) is 0 Å². The van der Waals surface area contributed by atoms with Crippen molar-refractivity contribution in [3.05, 3.63) is 29.0 Å². The standard InChI is InChI=1S/C13H14ClFN2O3/c14-10-4-9(1-2-11(10)15)16-12(18)7-17-5-8(6-17)3-13(19)20/h1-2,4,8H,3,5-7H2,(H,16,18)(H,19,20). The maximum absolute atomic E-state index is 13.0. The number of nitrogens with zero attached hydrogens (tertiary/aromatic N) is 1. The van der Waals surface area contributed by atoms with Crippen LogP contribution in [0.3, 0.4) is 0 Å². The summed E-state index contributed by atoms with van der Waals surface area (Å²) in [6.45, 7) is 1.39. The van der Waals surface area contributed by atoms with Gasteiger partial charge in [-0.15, -0.1) is 0 Å². The molecule has 1 saturated heterocycles. The molecule has 1 fully saturated rings. The fraction of sp³-hybridized carbons (Fsp3) is 0.385. The molecule has 0 spiro atoms. The van der Waals surface area contributed by atoms with Gasteiger partial charge < -0.3 is 10.4 Å². The van der Waals surface area contributed by atoms with Crippen LogP contribution in [-0.4, -0.2) is 41.5 Å². The van der Waals surface area contributed by atoms with Crippen molar-refractivity contribution in [3.63, 3.8) is 0 Å². The normalized spacial score (nSPS) is 15.7. The van der Waals surface area contributed by atoms with Gasteiger partial charge in [0.05, 0.1) is 18.0 Å². The lowest BCUT2D eigenvalue weighted by Crippen LogP contribution is -2.50. The minimum Gasteiger partial charge on any atom is -0.481 e. The number of hydrogen-bond acceptors (Lipinski definition) is 3. The van der Waals surface area contributed by atoms with Crippen molar-refractivity contribution in [3.8, 4) is 0 Å². The molecule has 0 saturated carbocycles. The topological polar surface area (TPSA) is 69.6 Å². The Morgan fingerprint density at radius 1 is 1.45 bits per heavy atom. The highest BCUT2D eigenvalue weighted by atomic mass is 35.5. The summed E-state index contributed by atoms with van der Waals surface area (Å²) in [5.41, 5.74) is 0.434. The number of hydrogen-bond donors (Lipinski definition) is 2. The summed E-state index contributed by atoms with van der Waals surface area (Å²) in [7, 11) is 0. The second-order valence-electron chi connectivity index (χ2n) is 4.84. The van der Waals surface area contributed by atoms with Gasteiger partial charge in [0.1, 0.15) is 5.82 Å². The zero-order valence-electron chi connectivity index (χ0n) is 10.6. The highest BCUT2D eigenvalue weighted by Crippen LogP contribution is 2.21. The van der Waals surface area contributed by atoms with Crippen LogP contribution in [0, 0.1) is 11.7 Å². The molecule has 1 aromatic rings. The van der Waals surface area contributed by atoms with Crippen molar-refractivity contribution in [2.24, 2.45) is 5.92 Å². The molecule has 2 rings (SSSR count). The van der Waals surface area contributed by atoms with Gasteiger partial charge in [-0.2, -0.15) is 0 Å². The summed E-state index contributed by atoms with van der Waals surface area (Å²) in [6, 6.07) is 3.96. The van der Waals surface area contributed by atoms with E-state index in [-0.39, 0.29) is 29.8 Å². The number of carbonyl (C=O) groups excluding carboxylic acids is 1. The van der Waals surface area contributed by atoms with E-state index in [0.29, 0.717) is 18.8 Å². The molecule has 1 aliphatic heterocycles. The molecule has 2 N–H and O–H groups in total. The second-order valence-corrected chi connectivity index (χ2v) is 5.24. The number of halogens is 2. The van der Waals surface area contributed by atoms with Gasteiger partial charge in [-0.25, -0.2) is 4.39 Å². The smallest absolute Gasteiger partial charge is 0.303 e. The number of anilines is 1. The first kappa shape index (κ1) is 14.7. The first-order chi connectivity index (χ1) is 9.44. The van der Waals surface area contributed by atoms with Crippen molar-refractivity contribution >= 4 is 29.2 Å². The largest absolute Gasteiger partial charge is 0.481 e. The van der Waals surface area contributed by atoms with E-state index in [4.69, 9.17) is 16.7 Å². The maximum Gasteiger partial charge on any atom is 0.303 e. The summed E-state index contributed by atoms with van der Waals surface area (Å²) < 4.78 is 13.0. The number of likely N-dealkylation sites (tertiary alicyclic amines) is 1. The number of carboxylic acids is 1. The fourth-order valence-corrected chi connectivity index (χ4v) is 2.34. The number of aliphatic carboxylic acids is 1. The monoisotopic (exact) mass is 300 g/mol. The molecule has 1 aliphatic rings. The number of nitrogens with one attached hydrogen (secondary N) is 1. The van der Waals surface area contributed by atoms with Gasteiger partial charge in [-0.1, -0.05) is 11.6 Å². The molecule has 1 aromatic carbocycles. The lowest BCUT2D eigenvalue weighted by atomic mass is 9.96. The van der Waals surface area contributed by atoms with E-state index in [0.717, 1.165) is 0 Å². The Bertz CT molecular complexity index is 532. The van der Waals surface area contributed by atoms with Crippen molar-refractivity contribution < 1.29 is 19.1 Å². The molecular formula is C13H14ClFN2O3. The van der Waals surface area contributed by atoms with Gasteiger partial charge in [-0.3, -0.25) is 14.5 Å². The molecule has 7 heteroatoms. The SMILES string of the molecule is O=C(O)CC1CN(CC(=O)Nc2ccc(F)c(Cl)c2)C1. The Kier molecular flexibility index (Phi) is 4.57. The van der Waals surface area contributed by atoms with Gasteiger partial charge in [-0.05, 0) is 24.1 Å². The van der Waals surface area contributed by atoms with Gasteiger partial charge in [0.25, 0.3) is 0 Å². The third kappa shape index (κ3) is 3.91. The highest BCUT2D eigenvalue weighted by molar-refractivity contribution is 6.31. The predicted octanol–water partition coefficient (Wildman–Crippen LogP) is 1.82. The third-order valence-electron chi connectivity index (χ3n) is 3.07. The molecule has 20 heavy (non-hydrogen) atoms. The van der Waals surface area contributed by atoms with Gasteiger partial charge in [0.2, 0.25) is 5.91 Å². The molecule has 1 amide bonds. The summed E-state index contributed by atoms with van der Waals surface area (Å²) >= 11 is 5.62.